The molecule has 0 N–H and O–H groups in total. The van der Waals surface area contributed by atoms with E-state index in [4.69, 9.17) is 0 Å². The molecule has 9 nitrogen and oxygen atoms in total. The van der Waals surface area contributed by atoms with E-state index in [1.165, 1.54) is 6.33 Å². The molecule has 30 heavy (non-hydrogen) atoms. The number of anilines is 2. The second-order valence-corrected chi connectivity index (χ2v) is 7.17. The van der Waals surface area contributed by atoms with Crippen molar-refractivity contribution >= 4 is 17.3 Å². The zero-order valence-corrected chi connectivity index (χ0v) is 16.6. The quantitative estimate of drug-likeness (QED) is 0.436. The van der Waals surface area contributed by atoms with Crippen molar-refractivity contribution < 1.29 is 4.92 Å². The highest BCUT2D eigenvalue weighted by Gasteiger charge is 2.31. The van der Waals surface area contributed by atoms with E-state index in [2.05, 4.69) is 19.9 Å². The Hall–Kier alpha value is -3.62. The molecule has 0 aliphatic carbocycles. The summed E-state index contributed by atoms with van der Waals surface area (Å²) >= 11 is 0. The second kappa shape index (κ2) is 9.25. The van der Waals surface area contributed by atoms with Crippen molar-refractivity contribution in [2.45, 2.75) is 32.4 Å². The molecule has 4 rings (SSSR count). The predicted octanol–water partition coefficient (Wildman–Crippen LogP) is 3.37. The molecule has 0 saturated carbocycles. The van der Waals surface area contributed by atoms with Crippen LogP contribution >= 0.6 is 0 Å². The molecular weight excluding hydrogens is 382 g/mol. The van der Waals surface area contributed by atoms with Crippen molar-refractivity contribution in [1.29, 1.82) is 0 Å². The van der Waals surface area contributed by atoms with Crippen LogP contribution in [0.5, 0.6) is 0 Å². The third kappa shape index (κ3) is 4.51. The molecule has 0 spiro atoms. The Bertz CT molecular complexity index is 938. The number of aromatic nitrogens is 4. The van der Waals surface area contributed by atoms with Gasteiger partial charge in [0.05, 0.1) is 29.4 Å². The average molecular weight is 405 g/mol. The van der Waals surface area contributed by atoms with Gasteiger partial charge in [-0.25, -0.2) is 9.97 Å². The minimum atomic E-state index is -0.372. The van der Waals surface area contributed by atoms with Crippen LogP contribution in [0, 0.1) is 10.1 Å². The van der Waals surface area contributed by atoms with Gasteiger partial charge in [-0.3, -0.25) is 20.1 Å². The normalized spacial score (nSPS) is 13.8. The summed E-state index contributed by atoms with van der Waals surface area (Å²) in [5.41, 5.74) is 1.52. The number of nitrogens with zero attached hydrogens (tertiary/aromatic N) is 7. The van der Waals surface area contributed by atoms with E-state index in [9.17, 15) is 10.1 Å². The maximum Gasteiger partial charge on any atom is 0.353 e. The minimum absolute atomic E-state index is 0.0636. The van der Waals surface area contributed by atoms with E-state index in [0.29, 0.717) is 18.9 Å². The molecule has 1 fully saturated rings. The van der Waals surface area contributed by atoms with Crippen molar-refractivity contribution in [2.24, 2.45) is 0 Å². The topological polar surface area (TPSA) is 101 Å². The summed E-state index contributed by atoms with van der Waals surface area (Å²) in [6.45, 7) is 2.26. The largest absolute Gasteiger partial charge is 0.353 e. The van der Waals surface area contributed by atoms with Gasteiger partial charge in [-0.2, -0.15) is 0 Å². The number of hydrogen-bond donors (Lipinski definition) is 0. The molecule has 0 amide bonds. The molecule has 9 heteroatoms. The van der Waals surface area contributed by atoms with Gasteiger partial charge in [0.25, 0.3) is 0 Å². The lowest BCUT2D eigenvalue weighted by molar-refractivity contribution is -0.383. The molecule has 1 aliphatic heterocycles. The van der Waals surface area contributed by atoms with Gasteiger partial charge >= 0.3 is 5.69 Å². The highest BCUT2D eigenvalue weighted by Crippen LogP contribution is 2.36. The molecule has 0 bridgehead atoms. The van der Waals surface area contributed by atoms with Gasteiger partial charge in [0, 0.05) is 25.5 Å². The third-order valence-electron chi connectivity index (χ3n) is 5.08. The van der Waals surface area contributed by atoms with Gasteiger partial charge in [0.1, 0.15) is 6.33 Å². The lowest BCUT2D eigenvalue weighted by Gasteiger charge is -2.29. The fraction of sp³-hybridized carbons (Fsp3) is 0.333. The number of piperidine rings is 1. The number of hydrogen-bond acceptors (Lipinski definition) is 8. The Kier molecular flexibility index (Phi) is 6.07. The molecule has 1 aliphatic rings. The fourth-order valence-corrected chi connectivity index (χ4v) is 3.67. The van der Waals surface area contributed by atoms with Crippen LogP contribution in [0.4, 0.5) is 17.3 Å². The van der Waals surface area contributed by atoms with E-state index in [0.717, 1.165) is 43.7 Å². The van der Waals surface area contributed by atoms with Crippen LogP contribution in [0.3, 0.4) is 0 Å². The molecule has 0 radical (unpaired) electrons. The van der Waals surface area contributed by atoms with Crippen molar-refractivity contribution in [3.05, 3.63) is 76.6 Å². The summed E-state index contributed by atoms with van der Waals surface area (Å²) in [7, 11) is 0. The van der Waals surface area contributed by atoms with Gasteiger partial charge in [-0.05, 0) is 43.5 Å². The molecule has 0 aromatic carbocycles. The Morgan fingerprint density at radius 1 is 0.900 bits per heavy atom. The minimum Gasteiger partial charge on any atom is -0.351 e. The van der Waals surface area contributed by atoms with Crippen LogP contribution in [0.2, 0.25) is 0 Å². The summed E-state index contributed by atoms with van der Waals surface area (Å²) in [5, 5.41) is 12.1. The summed E-state index contributed by atoms with van der Waals surface area (Å²) in [5.74, 6) is 0.670. The number of pyridine rings is 2. The Labute approximate surface area is 174 Å². The third-order valence-corrected chi connectivity index (χ3v) is 5.08. The smallest absolute Gasteiger partial charge is 0.351 e. The first-order valence-corrected chi connectivity index (χ1v) is 10.0. The van der Waals surface area contributed by atoms with Crippen LogP contribution < -0.4 is 9.80 Å². The molecule has 0 unspecified atom stereocenters. The Morgan fingerprint density at radius 3 is 2.07 bits per heavy atom. The SMILES string of the molecule is O=[N+]([O-])c1c(N2CCCCC2)ncnc1N(Cc1ccccn1)Cc1ccccn1. The van der Waals surface area contributed by atoms with E-state index in [1.807, 2.05) is 46.2 Å². The van der Waals surface area contributed by atoms with Crippen molar-refractivity contribution in [2.75, 3.05) is 22.9 Å². The fourth-order valence-electron chi connectivity index (χ4n) is 3.67. The maximum absolute atomic E-state index is 12.1. The summed E-state index contributed by atoms with van der Waals surface area (Å²) in [6, 6.07) is 11.3. The van der Waals surface area contributed by atoms with Crippen molar-refractivity contribution in [3.63, 3.8) is 0 Å². The highest BCUT2D eigenvalue weighted by atomic mass is 16.6. The lowest BCUT2D eigenvalue weighted by atomic mass is 10.1. The summed E-state index contributed by atoms with van der Waals surface area (Å²) in [6.07, 6.45) is 7.97. The maximum atomic E-state index is 12.1. The van der Waals surface area contributed by atoms with E-state index >= 15 is 0 Å². The van der Waals surface area contributed by atoms with E-state index in [1.54, 1.807) is 12.4 Å². The molecule has 0 atom stereocenters. The molecule has 4 heterocycles. The standard InChI is InChI=1S/C21H23N7O2/c29-28(30)19-20(26-12-6-1-7-13-26)24-16-25-21(19)27(14-17-8-2-4-10-22-17)15-18-9-3-5-11-23-18/h2-5,8-11,16H,1,6-7,12-15H2. The lowest BCUT2D eigenvalue weighted by Crippen LogP contribution is -2.32. The highest BCUT2D eigenvalue weighted by molar-refractivity contribution is 5.71. The van der Waals surface area contributed by atoms with Gasteiger partial charge in [0.2, 0.25) is 11.6 Å². The van der Waals surface area contributed by atoms with Crippen LogP contribution in [-0.4, -0.2) is 37.9 Å². The van der Waals surface area contributed by atoms with Gasteiger partial charge in [0.15, 0.2) is 0 Å². The first-order valence-electron chi connectivity index (χ1n) is 10.0. The second-order valence-electron chi connectivity index (χ2n) is 7.17. The van der Waals surface area contributed by atoms with Crippen molar-refractivity contribution in [3.8, 4) is 0 Å². The average Bonchev–Trinajstić information content (AvgIpc) is 2.80. The van der Waals surface area contributed by atoms with Gasteiger partial charge < -0.3 is 9.80 Å². The van der Waals surface area contributed by atoms with Crippen molar-refractivity contribution in [1.82, 2.24) is 19.9 Å². The van der Waals surface area contributed by atoms with Gasteiger partial charge in [-0.15, -0.1) is 0 Å². The molecule has 3 aromatic heterocycles. The Morgan fingerprint density at radius 2 is 1.53 bits per heavy atom. The van der Waals surface area contributed by atoms with E-state index in [-0.39, 0.29) is 16.4 Å². The molecule has 1 saturated heterocycles. The van der Waals surface area contributed by atoms with Crippen LogP contribution in [-0.2, 0) is 13.1 Å². The van der Waals surface area contributed by atoms with Gasteiger partial charge in [-0.1, -0.05) is 12.1 Å². The molecule has 3 aromatic rings. The molecular formula is C21H23N7O2. The first-order chi connectivity index (χ1) is 14.7. The Balaban J connectivity index is 1.75. The summed E-state index contributed by atoms with van der Waals surface area (Å²) < 4.78 is 0. The zero-order chi connectivity index (χ0) is 20.8. The van der Waals surface area contributed by atoms with Crippen LogP contribution in [0.1, 0.15) is 30.7 Å². The van der Waals surface area contributed by atoms with Crippen LogP contribution in [0.25, 0.3) is 0 Å². The summed E-state index contributed by atoms with van der Waals surface area (Å²) in [4.78, 5) is 33.0. The molecule has 154 valence electrons. The monoisotopic (exact) mass is 405 g/mol. The number of rotatable bonds is 7. The predicted molar refractivity (Wildman–Crippen MR) is 113 cm³/mol. The van der Waals surface area contributed by atoms with E-state index < -0.39 is 0 Å². The zero-order valence-electron chi connectivity index (χ0n) is 16.6. The first kappa shape index (κ1) is 19.7. The number of nitro groups is 1. The van der Waals surface area contributed by atoms with Crippen LogP contribution in [0.15, 0.2) is 55.1 Å².